The Morgan fingerprint density at radius 1 is 1.44 bits per heavy atom. The van der Waals surface area contributed by atoms with Gasteiger partial charge in [-0.1, -0.05) is 0 Å². The molecule has 0 fully saturated rings. The van der Waals surface area contributed by atoms with Crippen LogP contribution >= 0.6 is 0 Å². The van der Waals surface area contributed by atoms with E-state index in [1.165, 1.54) is 14.0 Å². The maximum absolute atomic E-state index is 13.2. The van der Waals surface area contributed by atoms with E-state index in [9.17, 15) is 17.9 Å². The Labute approximate surface area is 93.6 Å². The average Bonchev–Trinajstić information content (AvgIpc) is 2.14. The van der Waals surface area contributed by atoms with Crippen LogP contribution in [0.3, 0.4) is 0 Å². The Morgan fingerprint density at radius 2 is 2.00 bits per heavy atom. The highest BCUT2D eigenvalue weighted by Gasteiger charge is 2.21. The van der Waals surface area contributed by atoms with Crippen LogP contribution in [0.4, 0.5) is 4.39 Å². The molecule has 0 aromatic heterocycles. The summed E-state index contributed by atoms with van der Waals surface area (Å²) in [5.41, 5.74) is 0.114. The zero-order chi connectivity index (χ0) is 12.5. The van der Waals surface area contributed by atoms with Crippen molar-refractivity contribution in [3.63, 3.8) is 0 Å². The van der Waals surface area contributed by atoms with Crippen LogP contribution in [0.2, 0.25) is 0 Å². The van der Waals surface area contributed by atoms with Crippen molar-refractivity contribution < 1.29 is 22.7 Å². The summed E-state index contributed by atoms with van der Waals surface area (Å²) in [6.07, 6.45) is -0.0537. The SMILES string of the molecule is COc1c(C(C)O)cc(F)cc1S(C)(=O)=O. The Hall–Kier alpha value is -1.14. The number of sulfone groups is 1. The zero-order valence-corrected chi connectivity index (χ0v) is 10.0. The molecule has 1 aromatic rings. The predicted molar refractivity (Wildman–Crippen MR) is 56.7 cm³/mol. The van der Waals surface area contributed by atoms with Crippen molar-refractivity contribution >= 4 is 9.84 Å². The zero-order valence-electron chi connectivity index (χ0n) is 9.19. The van der Waals surface area contributed by atoms with Gasteiger partial charge in [0.15, 0.2) is 9.84 Å². The van der Waals surface area contributed by atoms with Crippen molar-refractivity contribution in [1.82, 2.24) is 0 Å². The summed E-state index contributed by atoms with van der Waals surface area (Å²) in [5.74, 6) is -0.740. The molecule has 0 aliphatic heterocycles. The fourth-order valence-electron chi connectivity index (χ4n) is 1.39. The summed E-state index contributed by atoms with van der Waals surface area (Å²) < 4.78 is 40.9. The van der Waals surface area contributed by atoms with E-state index < -0.39 is 21.8 Å². The molecule has 1 atom stereocenters. The third-order valence-electron chi connectivity index (χ3n) is 2.10. The topological polar surface area (TPSA) is 63.6 Å². The molecule has 0 saturated heterocycles. The number of methoxy groups -OCH3 is 1. The lowest BCUT2D eigenvalue weighted by Gasteiger charge is -2.14. The molecule has 0 saturated carbocycles. The van der Waals surface area contributed by atoms with E-state index in [1.807, 2.05) is 0 Å². The van der Waals surface area contributed by atoms with Crippen LogP contribution in [0.25, 0.3) is 0 Å². The van der Waals surface area contributed by atoms with Gasteiger partial charge < -0.3 is 9.84 Å². The molecule has 4 nitrogen and oxygen atoms in total. The van der Waals surface area contributed by atoms with E-state index >= 15 is 0 Å². The quantitative estimate of drug-likeness (QED) is 0.875. The summed E-state index contributed by atoms with van der Waals surface area (Å²) in [4.78, 5) is -0.258. The van der Waals surface area contributed by atoms with E-state index in [0.29, 0.717) is 0 Å². The van der Waals surface area contributed by atoms with Crippen LogP contribution in [-0.4, -0.2) is 26.9 Å². The third-order valence-corrected chi connectivity index (χ3v) is 3.20. The van der Waals surface area contributed by atoms with Gasteiger partial charge in [0.25, 0.3) is 0 Å². The first-order valence-corrected chi connectivity index (χ1v) is 6.42. The number of halogens is 1. The number of rotatable bonds is 3. The molecule has 0 bridgehead atoms. The normalized spacial score (nSPS) is 13.6. The molecule has 1 unspecified atom stereocenters. The molecule has 0 aliphatic carbocycles. The summed E-state index contributed by atoms with van der Waals surface area (Å²) in [5, 5.41) is 9.41. The van der Waals surface area contributed by atoms with Gasteiger partial charge in [-0.2, -0.15) is 0 Å². The van der Waals surface area contributed by atoms with Crippen molar-refractivity contribution in [2.24, 2.45) is 0 Å². The monoisotopic (exact) mass is 248 g/mol. The average molecular weight is 248 g/mol. The van der Waals surface area contributed by atoms with Gasteiger partial charge in [-0.25, -0.2) is 12.8 Å². The van der Waals surface area contributed by atoms with Gasteiger partial charge in [0.1, 0.15) is 16.5 Å². The Bertz CT molecular complexity index is 494. The molecular weight excluding hydrogens is 235 g/mol. The molecule has 6 heteroatoms. The summed E-state index contributed by atoms with van der Waals surface area (Å²) in [6.45, 7) is 1.41. The Kier molecular flexibility index (Phi) is 3.54. The fourth-order valence-corrected chi connectivity index (χ4v) is 2.26. The molecule has 0 aliphatic rings. The largest absolute Gasteiger partial charge is 0.495 e. The van der Waals surface area contributed by atoms with E-state index in [4.69, 9.17) is 4.74 Å². The summed E-state index contributed by atoms with van der Waals surface area (Å²) >= 11 is 0. The molecule has 0 radical (unpaired) electrons. The van der Waals surface area contributed by atoms with Crippen LogP contribution in [0.15, 0.2) is 17.0 Å². The maximum atomic E-state index is 13.2. The number of aliphatic hydroxyl groups excluding tert-OH is 1. The number of hydrogen-bond donors (Lipinski definition) is 1. The van der Waals surface area contributed by atoms with E-state index in [0.717, 1.165) is 18.4 Å². The van der Waals surface area contributed by atoms with Crippen molar-refractivity contribution in [1.29, 1.82) is 0 Å². The molecule has 90 valence electrons. The summed E-state index contributed by atoms with van der Waals surface area (Å²) in [7, 11) is -2.33. The van der Waals surface area contributed by atoms with E-state index in [1.54, 1.807) is 0 Å². The number of benzene rings is 1. The second-order valence-electron chi connectivity index (χ2n) is 3.47. The highest BCUT2D eigenvalue weighted by Crippen LogP contribution is 2.33. The van der Waals surface area contributed by atoms with Crippen LogP contribution in [-0.2, 0) is 9.84 Å². The van der Waals surface area contributed by atoms with E-state index in [2.05, 4.69) is 0 Å². The second kappa shape index (κ2) is 4.39. The molecule has 0 heterocycles. The molecule has 1 aromatic carbocycles. The highest BCUT2D eigenvalue weighted by atomic mass is 32.2. The standard InChI is InChI=1S/C10H13FO4S/c1-6(12)8-4-7(11)5-9(10(8)15-2)16(3,13)14/h4-6,12H,1-3H3. The number of aliphatic hydroxyl groups is 1. The smallest absolute Gasteiger partial charge is 0.179 e. The van der Waals surface area contributed by atoms with Gasteiger partial charge in [-0.05, 0) is 19.1 Å². The molecular formula is C10H13FO4S. The van der Waals surface area contributed by atoms with Gasteiger partial charge in [0.05, 0.1) is 13.2 Å². The van der Waals surface area contributed by atoms with Gasteiger partial charge >= 0.3 is 0 Å². The molecule has 1 rings (SSSR count). The van der Waals surface area contributed by atoms with Crippen LogP contribution in [0.5, 0.6) is 5.75 Å². The minimum atomic E-state index is -3.60. The number of hydrogen-bond acceptors (Lipinski definition) is 4. The van der Waals surface area contributed by atoms with Crippen LogP contribution in [0, 0.1) is 5.82 Å². The maximum Gasteiger partial charge on any atom is 0.179 e. The molecule has 0 spiro atoms. The van der Waals surface area contributed by atoms with Crippen molar-refractivity contribution in [2.75, 3.05) is 13.4 Å². The minimum absolute atomic E-state index is 0.0149. The lowest BCUT2D eigenvalue weighted by Crippen LogP contribution is -2.06. The lowest BCUT2D eigenvalue weighted by atomic mass is 10.1. The van der Waals surface area contributed by atoms with Crippen LogP contribution < -0.4 is 4.74 Å². The molecule has 0 amide bonds. The van der Waals surface area contributed by atoms with Crippen molar-refractivity contribution in [3.8, 4) is 5.75 Å². The minimum Gasteiger partial charge on any atom is -0.495 e. The number of ether oxygens (including phenoxy) is 1. The molecule has 1 N–H and O–H groups in total. The third kappa shape index (κ3) is 2.51. The highest BCUT2D eigenvalue weighted by molar-refractivity contribution is 7.90. The summed E-state index contributed by atoms with van der Waals surface area (Å²) in [6, 6.07) is 1.93. The van der Waals surface area contributed by atoms with E-state index in [-0.39, 0.29) is 16.2 Å². The first kappa shape index (κ1) is 12.9. The first-order chi connectivity index (χ1) is 7.27. The molecule has 16 heavy (non-hydrogen) atoms. The van der Waals surface area contributed by atoms with Crippen molar-refractivity contribution in [2.45, 2.75) is 17.9 Å². The first-order valence-electron chi connectivity index (χ1n) is 4.53. The van der Waals surface area contributed by atoms with Gasteiger partial charge in [0.2, 0.25) is 0 Å². The Morgan fingerprint density at radius 3 is 2.38 bits per heavy atom. The van der Waals surface area contributed by atoms with Crippen LogP contribution in [0.1, 0.15) is 18.6 Å². The van der Waals surface area contributed by atoms with Crippen molar-refractivity contribution in [3.05, 3.63) is 23.5 Å². The second-order valence-corrected chi connectivity index (χ2v) is 5.46. The fraction of sp³-hybridized carbons (Fsp3) is 0.400. The van der Waals surface area contributed by atoms with Gasteiger partial charge in [-0.3, -0.25) is 0 Å². The lowest BCUT2D eigenvalue weighted by molar-refractivity contribution is 0.193. The predicted octanol–water partition coefficient (Wildman–Crippen LogP) is 1.29. The van der Waals surface area contributed by atoms with Gasteiger partial charge in [-0.15, -0.1) is 0 Å². The Balaban J connectivity index is 3.62. The van der Waals surface area contributed by atoms with Gasteiger partial charge in [0, 0.05) is 11.8 Å².